The molecule has 0 aliphatic heterocycles. The van der Waals surface area contributed by atoms with E-state index in [1.165, 1.54) is 24.0 Å². The molecule has 0 saturated carbocycles. The normalized spacial score (nSPS) is 18.6. The van der Waals surface area contributed by atoms with E-state index in [0.29, 0.717) is 0 Å². The Balaban J connectivity index is 1.89. The van der Waals surface area contributed by atoms with Gasteiger partial charge in [-0.05, 0) is 36.8 Å². The van der Waals surface area contributed by atoms with E-state index in [0.717, 1.165) is 42.2 Å². The standard InChI is InChI=1S/C16H23ClN4/c1-3-14-16(17)15(20(2)19-14)10-21-8-11-6-4-5-7-13(18)12(11)9-21/h8-9,13H,3-7,10,18H2,1-2H3. The van der Waals surface area contributed by atoms with Crippen molar-refractivity contribution in [3.8, 4) is 0 Å². The van der Waals surface area contributed by atoms with Crippen LogP contribution in [0.4, 0.5) is 0 Å². The van der Waals surface area contributed by atoms with Crippen LogP contribution in [-0.2, 0) is 26.4 Å². The monoisotopic (exact) mass is 306 g/mol. The van der Waals surface area contributed by atoms with E-state index in [2.05, 4.69) is 29.0 Å². The van der Waals surface area contributed by atoms with Gasteiger partial charge in [0.25, 0.3) is 0 Å². The summed E-state index contributed by atoms with van der Waals surface area (Å²) in [7, 11) is 1.96. The third kappa shape index (κ3) is 2.74. The Morgan fingerprint density at radius 1 is 1.38 bits per heavy atom. The number of aromatic nitrogens is 3. The molecule has 1 aliphatic rings. The van der Waals surface area contributed by atoms with Gasteiger partial charge in [-0.1, -0.05) is 24.9 Å². The van der Waals surface area contributed by atoms with Crippen molar-refractivity contribution in [1.82, 2.24) is 14.3 Å². The fourth-order valence-corrected chi connectivity index (χ4v) is 3.56. The van der Waals surface area contributed by atoms with Gasteiger partial charge in [0.15, 0.2) is 0 Å². The van der Waals surface area contributed by atoms with Crippen LogP contribution in [0.25, 0.3) is 0 Å². The second kappa shape index (κ2) is 5.85. The second-order valence-corrected chi connectivity index (χ2v) is 6.33. The van der Waals surface area contributed by atoms with Crippen LogP contribution in [0.2, 0.25) is 5.02 Å². The first-order chi connectivity index (χ1) is 10.1. The summed E-state index contributed by atoms with van der Waals surface area (Å²) >= 11 is 6.44. The Morgan fingerprint density at radius 3 is 2.90 bits per heavy atom. The minimum absolute atomic E-state index is 0.178. The highest BCUT2D eigenvalue weighted by Gasteiger charge is 2.19. The zero-order chi connectivity index (χ0) is 15.0. The molecule has 0 bridgehead atoms. The molecule has 1 unspecified atom stereocenters. The summed E-state index contributed by atoms with van der Waals surface area (Å²) in [5.74, 6) is 0. The first kappa shape index (κ1) is 14.7. The van der Waals surface area contributed by atoms with Crippen LogP contribution in [-0.4, -0.2) is 14.3 Å². The molecule has 4 nitrogen and oxygen atoms in total. The first-order valence-electron chi connectivity index (χ1n) is 7.74. The van der Waals surface area contributed by atoms with Gasteiger partial charge in [0.2, 0.25) is 0 Å². The van der Waals surface area contributed by atoms with E-state index in [1.807, 2.05) is 11.7 Å². The molecule has 2 heterocycles. The Labute approximate surface area is 130 Å². The number of aryl methyl sites for hydroxylation is 3. The summed E-state index contributed by atoms with van der Waals surface area (Å²) in [6.45, 7) is 2.83. The predicted molar refractivity (Wildman–Crippen MR) is 85.6 cm³/mol. The number of nitrogens with zero attached hydrogens (tertiary/aromatic N) is 3. The second-order valence-electron chi connectivity index (χ2n) is 5.95. The van der Waals surface area contributed by atoms with Crippen molar-refractivity contribution in [2.75, 3.05) is 0 Å². The number of fused-ring (bicyclic) bond motifs is 1. The van der Waals surface area contributed by atoms with Crippen molar-refractivity contribution in [3.63, 3.8) is 0 Å². The zero-order valence-electron chi connectivity index (χ0n) is 12.8. The van der Waals surface area contributed by atoms with Crippen molar-refractivity contribution in [2.24, 2.45) is 12.8 Å². The molecule has 1 aliphatic carbocycles. The van der Waals surface area contributed by atoms with Gasteiger partial charge in [-0.15, -0.1) is 0 Å². The molecule has 5 heteroatoms. The molecule has 0 amide bonds. The van der Waals surface area contributed by atoms with Crippen LogP contribution >= 0.6 is 11.6 Å². The lowest BCUT2D eigenvalue weighted by molar-refractivity contribution is 0.607. The number of hydrogen-bond acceptors (Lipinski definition) is 2. The first-order valence-corrected chi connectivity index (χ1v) is 8.12. The Morgan fingerprint density at radius 2 is 2.19 bits per heavy atom. The smallest absolute Gasteiger partial charge is 0.0868 e. The largest absolute Gasteiger partial charge is 0.348 e. The van der Waals surface area contributed by atoms with Gasteiger partial charge in [-0.2, -0.15) is 5.10 Å². The van der Waals surface area contributed by atoms with Gasteiger partial charge >= 0.3 is 0 Å². The van der Waals surface area contributed by atoms with E-state index in [-0.39, 0.29) is 6.04 Å². The van der Waals surface area contributed by atoms with Crippen LogP contribution < -0.4 is 5.73 Å². The topological polar surface area (TPSA) is 48.8 Å². The van der Waals surface area contributed by atoms with E-state index in [1.54, 1.807) is 0 Å². The van der Waals surface area contributed by atoms with E-state index >= 15 is 0 Å². The fraction of sp³-hybridized carbons (Fsp3) is 0.562. The molecule has 0 radical (unpaired) electrons. The molecule has 0 fully saturated rings. The molecule has 0 spiro atoms. The van der Waals surface area contributed by atoms with E-state index in [4.69, 9.17) is 17.3 Å². The average molecular weight is 307 g/mol. The summed E-state index contributed by atoms with van der Waals surface area (Å²) in [6, 6.07) is 0.178. The average Bonchev–Trinajstić information content (AvgIpc) is 2.94. The van der Waals surface area contributed by atoms with Crippen molar-refractivity contribution >= 4 is 11.6 Å². The summed E-state index contributed by atoms with van der Waals surface area (Å²) in [5.41, 5.74) is 11.0. The van der Waals surface area contributed by atoms with E-state index < -0.39 is 0 Å². The molecule has 2 aromatic heterocycles. The highest BCUT2D eigenvalue weighted by molar-refractivity contribution is 6.31. The van der Waals surface area contributed by atoms with Gasteiger partial charge < -0.3 is 10.3 Å². The van der Waals surface area contributed by atoms with Crippen LogP contribution in [0.5, 0.6) is 0 Å². The maximum Gasteiger partial charge on any atom is 0.0868 e. The lowest BCUT2D eigenvalue weighted by Gasteiger charge is -2.08. The Hall–Kier alpha value is -1.26. The zero-order valence-corrected chi connectivity index (χ0v) is 13.5. The molecular formula is C16H23ClN4. The van der Waals surface area contributed by atoms with Gasteiger partial charge in [0.05, 0.1) is 23.0 Å². The fourth-order valence-electron chi connectivity index (χ4n) is 3.21. The lowest BCUT2D eigenvalue weighted by Crippen LogP contribution is -2.09. The third-order valence-electron chi connectivity index (χ3n) is 4.44. The molecule has 0 saturated heterocycles. The van der Waals surface area contributed by atoms with Crippen molar-refractivity contribution in [1.29, 1.82) is 0 Å². The summed E-state index contributed by atoms with van der Waals surface area (Å²) < 4.78 is 4.10. The lowest BCUT2D eigenvalue weighted by atomic mass is 10.1. The molecule has 114 valence electrons. The highest BCUT2D eigenvalue weighted by atomic mass is 35.5. The van der Waals surface area contributed by atoms with Gasteiger partial charge in [0.1, 0.15) is 0 Å². The molecule has 2 aromatic rings. The van der Waals surface area contributed by atoms with Crippen molar-refractivity contribution in [3.05, 3.63) is 39.9 Å². The minimum atomic E-state index is 0.178. The predicted octanol–water partition coefficient (Wildman–Crippen LogP) is 3.21. The number of rotatable bonds is 3. The quantitative estimate of drug-likeness (QED) is 0.885. The Bertz CT molecular complexity index is 641. The maximum atomic E-state index is 6.44. The molecule has 3 rings (SSSR count). The van der Waals surface area contributed by atoms with Gasteiger partial charge in [-0.3, -0.25) is 4.68 Å². The summed E-state index contributed by atoms with van der Waals surface area (Å²) in [5, 5.41) is 5.28. The highest BCUT2D eigenvalue weighted by Crippen LogP contribution is 2.29. The molecule has 0 aromatic carbocycles. The molecule has 2 N–H and O–H groups in total. The van der Waals surface area contributed by atoms with Crippen molar-refractivity contribution in [2.45, 2.75) is 51.6 Å². The van der Waals surface area contributed by atoms with E-state index in [9.17, 15) is 0 Å². The number of halogens is 1. The molecule has 21 heavy (non-hydrogen) atoms. The van der Waals surface area contributed by atoms with Crippen LogP contribution in [0.1, 0.15) is 54.7 Å². The SMILES string of the molecule is CCc1nn(C)c(Cn2cc3c(c2)C(N)CCCC3)c1Cl. The van der Waals surface area contributed by atoms with Crippen molar-refractivity contribution < 1.29 is 0 Å². The Kier molecular flexibility index (Phi) is 4.09. The third-order valence-corrected chi connectivity index (χ3v) is 4.88. The van der Waals surface area contributed by atoms with Crippen LogP contribution in [0.15, 0.2) is 12.4 Å². The number of hydrogen-bond donors (Lipinski definition) is 1. The maximum absolute atomic E-state index is 6.44. The minimum Gasteiger partial charge on any atom is -0.348 e. The summed E-state index contributed by atoms with van der Waals surface area (Å²) in [4.78, 5) is 0. The van der Waals surface area contributed by atoms with Crippen LogP contribution in [0.3, 0.4) is 0 Å². The van der Waals surface area contributed by atoms with Crippen LogP contribution in [0, 0.1) is 0 Å². The van der Waals surface area contributed by atoms with Gasteiger partial charge in [0, 0.05) is 25.5 Å². The van der Waals surface area contributed by atoms with Gasteiger partial charge in [-0.25, -0.2) is 0 Å². The molecule has 1 atom stereocenters. The molecular weight excluding hydrogens is 284 g/mol. The number of nitrogens with two attached hydrogens (primary N) is 1. The summed E-state index contributed by atoms with van der Waals surface area (Å²) in [6.07, 6.45) is 9.97.